The van der Waals surface area contributed by atoms with E-state index in [-0.39, 0.29) is 17.7 Å². The number of amides is 2. The number of benzene rings is 1. The molecule has 1 aliphatic rings. The Balaban J connectivity index is 1.62. The van der Waals surface area contributed by atoms with Crippen molar-refractivity contribution in [3.63, 3.8) is 0 Å². The molecule has 1 aliphatic heterocycles. The Morgan fingerprint density at radius 1 is 1.31 bits per heavy atom. The average Bonchev–Trinajstić information content (AvgIpc) is 2.98. The number of hydrogen-bond donors (Lipinski definition) is 1. The van der Waals surface area contributed by atoms with Crippen LogP contribution in [0.4, 0.5) is 0 Å². The first-order valence-corrected chi connectivity index (χ1v) is 8.69. The molecular formula is C19H23N3O4. The molecule has 0 aliphatic carbocycles. The number of piperidine rings is 1. The number of hydrogen-bond acceptors (Lipinski definition) is 5. The average molecular weight is 357 g/mol. The molecule has 0 radical (unpaired) electrons. The fourth-order valence-corrected chi connectivity index (χ4v) is 3.13. The van der Waals surface area contributed by atoms with Gasteiger partial charge in [-0.2, -0.15) is 0 Å². The van der Waals surface area contributed by atoms with Crippen LogP contribution in [0.3, 0.4) is 0 Å². The Labute approximate surface area is 152 Å². The van der Waals surface area contributed by atoms with Gasteiger partial charge in [0.05, 0.1) is 17.2 Å². The molecule has 2 N–H and O–H groups in total. The summed E-state index contributed by atoms with van der Waals surface area (Å²) in [7, 11) is 0. The minimum atomic E-state index is -0.342. The topological polar surface area (TPSA) is 98.7 Å². The van der Waals surface area contributed by atoms with E-state index >= 15 is 0 Å². The van der Waals surface area contributed by atoms with Crippen molar-refractivity contribution in [3.05, 3.63) is 46.8 Å². The van der Waals surface area contributed by atoms with E-state index in [0.717, 1.165) is 29.9 Å². The maximum absolute atomic E-state index is 12.6. The van der Waals surface area contributed by atoms with Crippen LogP contribution in [0.2, 0.25) is 0 Å². The zero-order chi connectivity index (χ0) is 18.7. The second-order valence-corrected chi connectivity index (χ2v) is 6.61. The zero-order valence-electron chi connectivity index (χ0n) is 15.0. The number of primary amides is 1. The van der Waals surface area contributed by atoms with Crippen molar-refractivity contribution in [1.29, 1.82) is 0 Å². The summed E-state index contributed by atoms with van der Waals surface area (Å²) in [6.45, 7) is 5.11. The van der Waals surface area contributed by atoms with E-state index in [9.17, 15) is 9.59 Å². The molecule has 0 unspecified atom stereocenters. The lowest BCUT2D eigenvalue weighted by molar-refractivity contribution is -0.123. The third-order valence-corrected chi connectivity index (χ3v) is 4.78. The fourth-order valence-electron chi connectivity index (χ4n) is 3.13. The molecule has 1 saturated heterocycles. The van der Waals surface area contributed by atoms with Crippen molar-refractivity contribution >= 4 is 11.8 Å². The van der Waals surface area contributed by atoms with Crippen LogP contribution in [-0.4, -0.2) is 35.0 Å². The van der Waals surface area contributed by atoms with Crippen LogP contribution in [0.25, 0.3) is 0 Å². The Bertz CT molecular complexity index is 778. The van der Waals surface area contributed by atoms with Crippen molar-refractivity contribution in [2.75, 3.05) is 13.1 Å². The van der Waals surface area contributed by atoms with Gasteiger partial charge in [0, 0.05) is 18.7 Å². The van der Waals surface area contributed by atoms with Crippen molar-refractivity contribution in [3.8, 4) is 5.75 Å². The molecule has 3 rings (SSSR count). The Morgan fingerprint density at radius 3 is 2.65 bits per heavy atom. The third-order valence-electron chi connectivity index (χ3n) is 4.78. The maximum Gasteiger partial charge on any atom is 0.253 e. The quantitative estimate of drug-likeness (QED) is 0.884. The van der Waals surface area contributed by atoms with Crippen LogP contribution in [0, 0.1) is 19.8 Å². The van der Waals surface area contributed by atoms with Gasteiger partial charge >= 0.3 is 0 Å². The molecule has 2 amide bonds. The van der Waals surface area contributed by atoms with Crippen LogP contribution >= 0.6 is 0 Å². The summed E-state index contributed by atoms with van der Waals surface area (Å²) in [6, 6.07) is 7.00. The second-order valence-electron chi connectivity index (χ2n) is 6.61. The van der Waals surface area contributed by atoms with E-state index in [2.05, 4.69) is 5.16 Å². The van der Waals surface area contributed by atoms with Gasteiger partial charge < -0.3 is 19.9 Å². The molecule has 2 heterocycles. The predicted molar refractivity (Wildman–Crippen MR) is 94.6 cm³/mol. The number of ether oxygens (including phenoxy) is 1. The molecule has 1 fully saturated rings. The predicted octanol–water partition coefficient (Wildman–Crippen LogP) is 2.21. The number of likely N-dealkylation sites (tertiary alicyclic amines) is 1. The molecule has 138 valence electrons. The number of nitrogens with two attached hydrogens (primary N) is 1. The lowest BCUT2D eigenvalue weighted by atomic mass is 9.97. The molecule has 2 aromatic rings. The van der Waals surface area contributed by atoms with Gasteiger partial charge in [-0.25, -0.2) is 0 Å². The number of rotatable bonds is 5. The molecule has 7 nitrogen and oxygen atoms in total. The number of nitrogens with zero attached hydrogens (tertiary/aromatic N) is 2. The third kappa shape index (κ3) is 3.87. The van der Waals surface area contributed by atoms with Crippen molar-refractivity contribution in [2.24, 2.45) is 11.7 Å². The summed E-state index contributed by atoms with van der Waals surface area (Å²) in [4.78, 5) is 25.7. The highest BCUT2D eigenvalue weighted by atomic mass is 16.5. The van der Waals surface area contributed by atoms with Crippen LogP contribution < -0.4 is 10.5 Å². The number of carbonyl (C=O) groups excluding carboxylic acids is 2. The standard InChI is InChI=1S/C19H23N3O4/c1-12-17(13(2)26-21-12)11-25-16-7-5-14(6-8-16)19(24)22-9-3-4-15(10-22)18(20)23/h5-8,15H,3-4,9-11H2,1-2H3,(H2,20,23)/t15-/m0/s1. The van der Waals surface area contributed by atoms with Gasteiger partial charge in [0.15, 0.2) is 0 Å². The summed E-state index contributed by atoms with van der Waals surface area (Å²) >= 11 is 0. The molecule has 1 aromatic heterocycles. The van der Waals surface area contributed by atoms with Gasteiger partial charge in [-0.1, -0.05) is 5.16 Å². The summed E-state index contributed by atoms with van der Waals surface area (Å²) in [5.74, 6) is 0.711. The van der Waals surface area contributed by atoms with Crippen LogP contribution in [-0.2, 0) is 11.4 Å². The van der Waals surface area contributed by atoms with Gasteiger partial charge in [0.2, 0.25) is 5.91 Å². The molecule has 0 saturated carbocycles. The lowest BCUT2D eigenvalue weighted by Crippen LogP contribution is -2.44. The smallest absolute Gasteiger partial charge is 0.253 e. The van der Waals surface area contributed by atoms with Gasteiger partial charge in [-0.05, 0) is 51.0 Å². The first-order valence-electron chi connectivity index (χ1n) is 8.69. The number of aryl methyl sites for hydroxylation is 2. The van der Waals surface area contributed by atoms with Crippen LogP contribution in [0.5, 0.6) is 5.75 Å². The highest BCUT2D eigenvalue weighted by Gasteiger charge is 2.27. The maximum atomic E-state index is 12.6. The molecule has 0 spiro atoms. The first-order chi connectivity index (χ1) is 12.5. The Morgan fingerprint density at radius 2 is 2.04 bits per heavy atom. The summed E-state index contributed by atoms with van der Waals surface area (Å²) < 4.78 is 10.9. The molecular weight excluding hydrogens is 334 g/mol. The molecule has 7 heteroatoms. The van der Waals surface area contributed by atoms with E-state index in [4.69, 9.17) is 15.0 Å². The highest BCUT2D eigenvalue weighted by molar-refractivity contribution is 5.94. The Kier molecular flexibility index (Phi) is 5.25. The molecule has 1 aromatic carbocycles. The van der Waals surface area contributed by atoms with Crippen LogP contribution in [0.15, 0.2) is 28.8 Å². The number of aromatic nitrogens is 1. The van der Waals surface area contributed by atoms with Crippen molar-refractivity contribution in [2.45, 2.75) is 33.3 Å². The first kappa shape index (κ1) is 18.0. The fraction of sp³-hybridized carbons (Fsp3) is 0.421. The van der Waals surface area contributed by atoms with Gasteiger partial charge in [-0.15, -0.1) is 0 Å². The Hall–Kier alpha value is -2.83. The van der Waals surface area contributed by atoms with E-state index in [1.165, 1.54) is 0 Å². The highest BCUT2D eigenvalue weighted by Crippen LogP contribution is 2.21. The van der Waals surface area contributed by atoms with Crippen molar-refractivity contribution < 1.29 is 18.8 Å². The van der Waals surface area contributed by atoms with Gasteiger partial charge in [-0.3, -0.25) is 9.59 Å². The van der Waals surface area contributed by atoms with E-state index < -0.39 is 0 Å². The van der Waals surface area contributed by atoms with Crippen LogP contribution in [0.1, 0.15) is 40.2 Å². The molecule has 26 heavy (non-hydrogen) atoms. The normalized spacial score (nSPS) is 17.2. The largest absolute Gasteiger partial charge is 0.489 e. The zero-order valence-corrected chi connectivity index (χ0v) is 15.0. The van der Waals surface area contributed by atoms with Gasteiger partial charge in [0.1, 0.15) is 18.1 Å². The summed E-state index contributed by atoms with van der Waals surface area (Å²) in [6.07, 6.45) is 1.53. The number of carbonyl (C=O) groups is 2. The summed E-state index contributed by atoms with van der Waals surface area (Å²) in [5, 5.41) is 3.90. The van der Waals surface area contributed by atoms with Crippen molar-refractivity contribution in [1.82, 2.24) is 10.1 Å². The minimum Gasteiger partial charge on any atom is -0.489 e. The lowest BCUT2D eigenvalue weighted by Gasteiger charge is -2.31. The molecule has 1 atom stereocenters. The minimum absolute atomic E-state index is 0.0896. The van der Waals surface area contributed by atoms with E-state index in [1.54, 1.807) is 29.2 Å². The SMILES string of the molecule is Cc1noc(C)c1COc1ccc(C(=O)N2CCC[C@H](C(N)=O)C2)cc1. The summed E-state index contributed by atoms with van der Waals surface area (Å²) in [5.41, 5.74) is 7.68. The van der Waals surface area contributed by atoms with E-state index in [0.29, 0.717) is 31.0 Å². The van der Waals surface area contributed by atoms with Gasteiger partial charge in [0.25, 0.3) is 5.91 Å². The molecule has 0 bridgehead atoms. The monoisotopic (exact) mass is 357 g/mol. The van der Waals surface area contributed by atoms with E-state index in [1.807, 2.05) is 13.8 Å². The second kappa shape index (κ2) is 7.59.